The third-order valence-electron chi connectivity index (χ3n) is 9.43. The highest BCUT2D eigenvalue weighted by Crippen LogP contribution is 2.44. The topological polar surface area (TPSA) is 33.5 Å². The summed E-state index contributed by atoms with van der Waals surface area (Å²) in [5.74, 6) is 2.88. The fourth-order valence-electron chi connectivity index (χ4n) is 7.09. The average molecular weight is 629 g/mol. The lowest BCUT2D eigenvalue weighted by molar-refractivity contribution is 0.483. The number of fused-ring (bicyclic) bond motifs is 4. The first-order valence-electron chi connectivity index (χ1n) is 16.8. The van der Waals surface area contributed by atoms with Crippen LogP contribution in [-0.4, -0.2) is 21.8 Å². The summed E-state index contributed by atoms with van der Waals surface area (Å²) in [4.78, 5) is 9.72. The second-order valence-corrected chi connectivity index (χ2v) is 13.9. The van der Waals surface area contributed by atoms with Gasteiger partial charge in [0.05, 0.1) is 29.1 Å². The maximum absolute atomic E-state index is 6.62. The lowest BCUT2D eigenvalue weighted by atomic mass is 9.93. The van der Waals surface area contributed by atoms with E-state index in [9.17, 15) is 0 Å². The van der Waals surface area contributed by atoms with Gasteiger partial charge >= 0.3 is 0 Å². The number of hydrogen-bond donors (Lipinski definition) is 0. The van der Waals surface area contributed by atoms with Gasteiger partial charge in [-0.15, -0.1) is 0 Å². The van der Waals surface area contributed by atoms with Gasteiger partial charge in [-0.05, 0) is 98.0 Å². The molecule has 238 valence electrons. The van der Waals surface area contributed by atoms with Crippen LogP contribution in [0.1, 0.15) is 46.1 Å². The molecule has 0 radical (unpaired) electrons. The second-order valence-electron chi connectivity index (χ2n) is 13.9. The Bertz CT molecular complexity index is 2290. The Hall–Kier alpha value is -5.55. The van der Waals surface area contributed by atoms with Crippen molar-refractivity contribution in [2.75, 3.05) is 16.5 Å². The van der Waals surface area contributed by atoms with E-state index in [0.717, 1.165) is 51.7 Å². The van der Waals surface area contributed by atoms with E-state index in [2.05, 4.69) is 170 Å². The molecule has 5 nitrogen and oxygen atoms in total. The van der Waals surface area contributed by atoms with E-state index in [1.54, 1.807) is 0 Å². The first-order valence-corrected chi connectivity index (χ1v) is 16.8. The van der Waals surface area contributed by atoms with Crippen LogP contribution in [0.4, 0.5) is 17.1 Å². The van der Waals surface area contributed by atoms with E-state index in [0.29, 0.717) is 5.92 Å². The van der Waals surface area contributed by atoms with Crippen LogP contribution in [0.3, 0.4) is 0 Å². The third kappa shape index (κ3) is 5.16. The van der Waals surface area contributed by atoms with Crippen LogP contribution < -0.4 is 14.5 Å². The van der Waals surface area contributed by atoms with Crippen molar-refractivity contribution in [1.82, 2.24) is 9.55 Å². The number of para-hydroxylation sites is 3. The number of nitrogens with zero attached hydrogens (tertiary/aromatic N) is 4. The van der Waals surface area contributed by atoms with Crippen LogP contribution in [0, 0.1) is 0 Å². The largest absolute Gasteiger partial charge is 0.457 e. The number of ether oxygens (including phenoxy) is 1. The molecule has 5 aromatic carbocycles. The molecule has 2 aromatic heterocycles. The smallest absolute Gasteiger partial charge is 0.138 e. The molecule has 48 heavy (non-hydrogen) atoms. The molecular formula is C43H40N4O. The van der Waals surface area contributed by atoms with Gasteiger partial charge in [0, 0.05) is 40.3 Å². The molecule has 0 amide bonds. The van der Waals surface area contributed by atoms with Gasteiger partial charge in [0.25, 0.3) is 0 Å². The van der Waals surface area contributed by atoms with Crippen molar-refractivity contribution < 1.29 is 4.74 Å². The summed E-state index contributed by atoms with van der Waals surface area (Å²) < 4.78 is 8.88. The fraction of sp³-hybridized carbons (Fsp3) is 0.186. The molecule has 0 spiro atoms. The fourth-order valence-corrected chi connectivity index (χ4v) is 7.09. The van der Waals surface area contributed by atoms with Crippen LogP contribution in [0.15, 0.2) is 134 Å². The van der Waals surface area contributed by atoms with Crippen molar-refractivity contribution in [2.45, 2.75) is 46.1 Å². The zero-order valence-electron chi connectivity index (χ0n) is 28.2. The molecule has 3 heterocycles. The Morgan fingerprint density at radius 2 is 1.40 bits per heavy atom. The SMILES string of the molecule is CC(C)c1ccccc1-c1ccnc(-n2c3ccccc3c3ccc(Oc4cccc(N5CN(C(C)(C)C)c6ccccc65)c4)cc32)c1. The molecule has 1 aliphatic heterocycles. The van der Waals surface area contributed by atoms with Gasteiger partial charge in [0.1, 0.15) is 17.3 Å². The first-order chi connectivity index (χ1) is 23.3. The minimum absolute atomic E-state index is 0.000975. The first kappa shape index (κ1) is 29.8. The molecule has 0 N–H and O–H groups in total. The van der Waals surface area contributed by atoms with Crippen molar-refractivity contribution in [2.24, 2.45) is 0 Å². The zero-order valence-corrected chi connectivity index (χ0v) is 28.2. The van der Waals surface area contributed by atoms with Crippen LogP contribution in [0.2, 0.25) is 0 Å². The maximum Gasteiger partial charge on any atom is 0.138 e. The Labute approximate surface area is 282 Å². The van der Waals surface area contributed by atoms with Gasteiger partial charge < -0.3 is 14.5 Å². The maximum atomic E-state index is 6.62. The summed E-state index contributed by atoms with van der Waals surface area (Å²) in [5, 5.41) is 2.35. The molecule has 8 rings (SSSR count). The van der Waals surface area contributed by atoms with E-state index >= 15 is 0 Å². The van der Waals surface area contributed by atoms with Gasteiger partial charge in [-0.25, -0.2) is 4.98 Å². The minimum atomic E-state index is -0.000975. The van der Waals surface area contributed by atoms with E-state index in [4.69, 9.17) is 9.72 Å². The molecule has 0 fully saturated rings. The van der Waals surface area contributed by atoms with Gasteiger partial charge in [-0.2, -0.15) is 0 Å². The molecule has 0 bridgehead atoms. The molecular weight excluding hydrogens is 589 g/mol. The molecule has 0 atom stereocenters. The van der Waals surface area contributed by atoms with Crippen LogP contribution in [0.25, 0.3) is 38.8 Å². The quantitative estimate of drug-likeness (QED) is 0.183. The number of hydrogen-bond acceptors (Lipinski definition) is 4. The predicted octanol–water partition coefficient (Wildman–Crippen LogP) is 11.5. The van der Waals surface area contributed by atoms with E-state index in [-0.39, 0.29) is 5.54 Å². The summed E-state index contributed by atoms with van der Waals surface area (Å²) >= 11 is 0. The lowest BCUT2D eigenvalue weighted by Gasteiger charge is -2.34. The van der Waals surface area contributed by atoms with E-state index < -0.39 is 0 Å². The van der Waals surface area contributed by atoms with Gasteiger partial charge in [-0.3, -0.25) is 4.57 Å². The van der Waals surface area contributed by atoms with Crippen molar-refractivity contribution in [3.8, 4) is 28.4 Å². The summed E-state index contributed by atoms with van der Waals surface area (Å²) in [6, 6.07) is 45.0. The highest BCUT2D eigenvalue weighted by atomic mass is 16.5. The van der Waals surface area contributed by atoms with Gasteiger partial charge in [0.2, 0.25) is 0 Å². The predicted molar refractivity (Wildman–Crippen MR) is 200 cm³/mol. The highest BCUT2D eigenvalue weighted by Gasteiger charge is 2.33. The highest BCUT2D eigenvalue weighted by molar-refractivity contribution is 6.09. The van der Waals surface area contributed by atoms with Crippen LogP contribution in [-0.2, 0) is 0 Å². The number of pyridine rings is 1. The van der Waals surface area contributed by atoms with Gasteiger partial charge in [-0.1, -0.05) is 74.5 Å². The molecule has 1 aliphatic rings. The Kier molecular flexibility index (Phi) is 7.21. The molecule has 0 unspecified atom stereocenters. The van der Waals surface area contributed by atoms with E-state index in [1.165, 1.54) is 27.9 Å². The number of benzene rings is 5. The Balaban J connectivity index is 1.18. The molecule has 0 saturated heterocycles. The number of anilines is 3. The van der Waals surface area contributed by atoms with E-state index in [1.807, 2.05) is 12.3 Å². The number of aromatic nitrogens is 2. The molecule has 0 saturated carbocycles. The number of rotatable bonds is 6. The zero-order chi connectivity index (χ0) is 33.0. The minimum Gasteiger partial charge on any atom is -0.457 e. The van der Waals surface area contributed by atoms with Gasteiger partial charge in [0.15, 0.2) is 0 Å². The van der Waals surface area contributed by atoms with Crippen molar-refractivity contribution in [1.29, 1.82) is 0 Å². The summed E-state index contributed by atoms with van der Waals surface area (Å²) in [5.41, 5.74) is 9.47. The Morgan fingerprint density at radius 1 is 0.667 bits per heavy atom. The Morgan fingerprint density at radius 3 is 2.23 bits per heavy atom. The standard InChI is InChI=1S/C43H40N4O/c1-29(2)34-15-6-7-16-35(34)30-23-24-44-42(25-30)47-38-18-9-8-17-36(38)37-22-21-33(27-41(37)47)48-32-14-12-13-31(26-32)45-28-46(43(3,4)5)40-20-11-10-19-39(40)45/h6-27,29H,28H2,1-5H3. The third-order valence-corrected chi connectivity index (χ3v) is 9.43. The summed E-state index contributed by atoms with van der Waals surface area (Å²) in [6.45, 7) is 12.1. The van der Waals surface area contributed by atoms with Crippen molar-refractivity contribution in [3.63, 3.8) is 0 Å². The average Bonchev–Trinajstić information content (AvgIpc) is 3.65. The molecule has 7 aromatic rings. The van der Waals surface area contributed by atoms with Crippen molar-refractivity contribution >= 4 is 38.9 Å². The molecule has 0 aliphatic carbocycles. The van der Waals surface area contributed by atoms with Crippen LogP contribution >= 0.6 is 0 Å². The summed E-state index contributed by atoms with van der Waals surface area (Å²) in [6.07, 6.45) is 1.92. The van der Waals surface area contributed by atoms with Crippen molar-refractivity contribution in [3.05, 3.63) is 139 Å². The molecule has 5 heteroatoms. The lowest BCUT2D eigenvalue weighted by Crippen LogP contribution is -2.42. The monoisotopic (exact) mass is 628 g/mol. The van der Waals surface area contributed by atoms with Crippen LogP contribution in [0.5, 0.6) is 11.5 Å². The second kappa shape index (κ2) is 11.6. The summed E-state index contributed by atoms with van der Waals surface area (Å²) in [7, 11) is 0. The normalized spacial score (nSPS) is 13.1.